The summed E-state index contributed by atoms with van der Waals surface area (Å²) in [6, 6.07) is 3.14. The highest BCUT2D eigenvalue weighted by molar-refractivity contribution is 5.86. The first-order valence-electron chi connectivity index (χ1n) is 2.90. The fraction of sp³-hybridized carbons (Fsp3) is 0. The number of nitrogens with one attached hydrogen (secondary N) is 1. The molecule has 0 aliphatic rings. The van der Waals surface area contributed by atoms with Gasteiger partial charge in [-0.25, -0.2) is 9.78 Å². The Labute approximate surface area is 62.9 Å². The fourth-order valence-electron chi connectivity index (χ4n) is 0.638. The Kier molecular flexibility index (Phi) is 1.91. The summed E-state index contributed by atoms with van der Waals surface area (Å²) in [6.45, 7) is 0. The number of aromatic nitrogens is 1. The predicted octanol–water partition coefficient (Wildman–Crippen LogP) is 0.754. The summed E-state index contributed by atoms with van der Waals surface area (Å²) in [7, 11) is 0. The van der Waals surface area contributed by atoms with E-state index in [0.717, 1.165) is 0 Å². The molecule has 0 aliphatic heterocycles. The van der Waals surface area contributed by atoms with E-state index in [4.69, 9.17) is 10.8 Å². The van der Waals surface area contributed by atoms with Gasteiger partial charge in [0.05, 0.1) is 5.69 Å². The zero-order chi connectivity index (χ0) is 8.27. The molecule has 11 heavy (non-hydrogen) atoms. The molecule has 5 nitrogen and oxygen atoms in total. The average molecular weight is 153 g/mol. The van der Waals surface area contributed by atoms with E-state index in [1.165, 1.54) is 12.3 Å². The van der Waals surface area contributed by atoms with Crippen LogP contribution in [0.3, 0.4) is 0 Å². The summed E-state index contributed by atoms with van der Waals surface area (Å²) in [6.07, 6.45) is 0.340. The Hall–Kier alpha value is -1.78. The van der Waals surface area contributed by atoms with Crippen molar-refractivity contribution in [2.24, 2.45) is 0 Å². The van der Waals surface area contributed by atoms with Gasteiger partial charge in [0, 0.05) is 6.20 Å². The number of carbonyl (C=O) groups is 1. The summed E-state index contributed by atoms with van der Waals surface area (Å²) >= 11 is 0. The smallest absolute Gasteiger partial charge is 0.409 e. The lowest BCUT2D eigenvalue weighted by molar-refractivity contribution is 0.210. The normalized spacial score (nSPS) is 9.09. The molecule has 0 unspecified atom stereocenters. The van der Waals surface area contributed by atoms with E-state index in [1.807, 2.05) is 0 Å². The summed E-state index contributed by atoms with van der Waals surface area (Å²) < 4.78 is 0. The maximum Gasteiger partial charge on any atom is 0.409 e. The second-order valence-corrected chi connectivity index (χ2v) is 1.87. The summed E-state index contributed by atoms with van der Waals surface area (Å²) in [5.74, 6) is 0.176. The lowest BCUT2D eigenvalue weighted by Gasteiger charge is -2.01. The van der Waals surface area contributed by atoms with E-state index in [-0.39, 0.29) is 5.82 Å². The van der Waals surface area contributed by atoms with Crippen molar-refractivity contribution in [2.75, 3.05) is 11.1 Å². The third kappa shape index (κ3) is 1.82. The molecule has 0 bridgehead atoms. The largest absolute Gasteiger partial charge is 0.465 e. The van der Waals surface area contributed by atoms with Gasteiger partial charge in [-0.15, -0.1) is 0 Å². The van der Waals surface area contributed by atoms with Crippen LogP contribution >= 0.6 is 0 Å². The molecular weight excluding hydrogens is 146 g/mol. The van der Waals surface area contributed by atoms with E-state index in [2.05, 4.69) is 10.3 Å². The van der Waals surface area contributed by atoms with Gasteiger partial charge in [-0.2, -0.15) is 0 Å². The van der Waals surface area contributed by atoms with Crippen molar-refractivity contribution in [3.8, 4) is 0 Å². The van der Waals surface area contributed by atoms with E-state index in [0.29, 0.717) is 5.69 Å². The summed E-state index contributed by atoms with van der Waals surface area (Å²) in [5, 5.41) is 10.4. The van der Waals surface area contributed by atoms with Crippen molar-refractivity contribution in [3.63, 3.8) is 0 Å². The van der Waals surface area contributed by atoms with Crippen LogP contribution in [-0.2, 0) is 0 Å². The molecule has 0 aromatic carbocycles. The van der Waals surface area contributed by atoms with Crippen LogP contribution in [0.5, 0.6) is 0 Å². The minimum absolute atomic E-state index is 0.176. The molecule has 1 aromatic heterocycles. The Morgan fingerprint density at radius 2 is 2.45 bits per heavy atom. The Morgan fingerprint density at radius 1 is 1.73 bits per heavy atom. The van der Waals surface area contributed by atoms with Crippen LogP contribution in [0.15, 0.2) is 18.3 Å². The van der Waals surface area contributed by atoms with Crippen molar-refractivity contribution < 1.29 is 9.90 Å². The van der Waals surface area contributed by atoms with Gasteiger partial charge in [0.2, 0.25) is 0 Å². The van der Waals surface area contributed by atoms with Crippen LogP contribution in [0.2, 0.25) is 0 Å². The SMILES string of the molecule is Nc1ncccc1NC(=O)O. The monoisotopic (exact) mass is 153 g/mol. The predicted molar refractivity (Wildman–Crippen MR) is 40.3 cm³/mol. The van der Waals surface area contributed by atoms with Crippen LogP contribution in [0, 0.1) is 0 Å². The van der Waals surface area contributed by atoms with Crippen LogP contribution in [0.25, 0.3) is 0 Å². The molecule has 0 atom stereocenters. The lowest BCUT2D eigenvalue weighted by Crippen LogP contribution is -2.09. The van der Waals surface area contributed by atoms with Crippen LogP contribution in [0.1, 0.15) is 0 Å². The number of hydrogen-bond donors (Lipinski definition) is 3. The molecular formula is C6H7N3O2. The average Bonchev–Trinajstić information content (AvgIpc) is 1.93. The zero-order valence-electron chi connectivity index (χ0n) is 5.61. The third-order valence-electron chi connectivity index (χ3n) is 1.08. The van der Waals surface area contributed by atoms with E-state index >= 15 is 0 Å². The number of anilines is 2. The lowest BCUT2D eigenvalue weighted by atomic mass is 10.4. The fourth-order valence-corrected chi connectivity index (χ4v) is 0.638. The highest BCUT2D eigenvalue weighted by Crippen LogP contribution is 2.12. The molecule has 1 amide bonds. The Balaban J connectivity index is 2.86. The minimum Gasteiger partial charge on any atom is -0.465 e. The van der Waals surface area contributed by atoms with Gasteiger partial charge in [-0.1, -0.05) is 0 Å². The number of hydrogen-bond acceptors (Lipinski definition) is 3. The maximum absolute atomic E-state index is 10.1. The molecule has 0 saturated carbocycles. The second kappa shape index (κ2) is 2.87. The standard InChI is InChI=1S/C6H7N3O2/c7-5-4(9-6(10)11)2-1-3-8-5/h1-3,9H,(H2,7,8)(H,10,11). The highest BCUT2D eigenvalue weighted by atomic mass is 16.4. The molecule has 1 aromatic rings. The van der Waals surface area contributed by atoms with Crippen molar-refractivity contribution in [1.82, 2.24) is 4.98 Å². The van der Waals surface area contributed by atoms with Crippen molar-refractivity contribution in [2.45, 2.75) is 0 Å². The van der Waals surface area contributed by atoms with Gasteiger partial charge in [-0.05, 0) is 12.1 Å². The number of nitrogens with zero attached hydrogens (tertiary/aromatic N) is 1. The number of carboxylic acid groups (broad SMARTS) is 1. The minimum atomic E-state index is -1.15. The number of nitrogens with two attached hydrogens (primary N) is 1. The zero-order valence-corrected chi connectivity index (χ0v) is 5.61. The van der Waals surface area contributed by atoms with Gasteiger partial charge >= 0.3 is 6.09 Å². The number of amides is 1. The number of pyridine rings is 1. The quantitative estimate of drug-likeness (QED) is 0.555. The molecule has 5 heteroatoms. The molecule has 0 aliphatic carbocycles. The molecule has 0 fully saturated rings. The van der Waals surface area contributed by atoms with Gasteiger partial charge < -0.3 is 10.8 Å². The molecule has 0 radical (unpaired) electrons. The van der Waals surface area contributed by atoms with E-state index in [9.17, 15) is 4.79 Å². The summed E-state index contributed by atoms with van der Waals surface area (Å²) in [4.78, 5) is 13.8. The highest BCUT2D eigenvalue weighted by Gasteiger charge is 2.00. The van der Waals surface area contributed by atoms with Gasteiger partial charge in [-0.3, -0.25) is 5.32 Å². The Bertz CT molecular complexity index is 274. The van der Waals surface area contributed by atoms with Gasteiger partial charge in [0.1, 0.15) is 5.82 Å². The molecule has 0 spiro atoms. The van der Waals surface area contributed by atoms with Crippen LogP contribution in [-0.4, -0.2) is 16.2 Å². The third-order valence-corrected chi connectivity index (χ3v) is 1.08. The summed E-state index contributed by atoms with van der Waals surface area (Å²) in [5.41, 5.74) is 5.64. The second-order valence-electron chi connectivity index (χ2n) is 1.87. The molecule has 58 valence electrons. The van der Waals surface area contributed by atoms with Crippen LogP contribution in [0.4, 0.5) is 16.3 Å². The van der Waals surface area contributed by atoms with Crippen molar-refractivity contribution >= 4 is 17.6 Å². The Morgan fingerprint density at radius 3 is 3.00 bits per heavy atom. The van der Waals surface area contributed by atoms with Gasteiger partial charge in [0.15, 0.2) is 0 Å². The number of rotatable bonds is 1. The first kappa shape index (κ1) is 7.33. The molecule has 4 N–H and O–H groups in total. The molecule has 1 heterocycles. The molecule has 1 rings (SSSR count). The van der Waals surface area contributed by atoms with E-state index in [1.54, 1.807) is 6.07 Å². The maximum atomic E-state index is 10.1. The topological polar surface area (TPSA) is 88.2 Å². The van der Waals surface area contributed by atoms with E-state index < -0.39 is 6.09 Å². The first-order chi connectivity index (χ1) is 5.20. The van der Waals surface area contributed by atoms with Crippen molar-refractivity contribution in [1.29, 1.82) is 0 Å². The van der Waals surface area contributed by atoms with Crippen LogP contribution < -0.4 is 11.1 Å². The number of nitrogen functional groups attached to an aromatic ring is 1. The molecule has 0 saturated heterocycles. The van der Waals surface area contributed by atoms with Crippen molar-refractivity contribution in [3.05, 3.63) is 18.3 Å². The first-order valence-corrected chi connectivity index (χ1v) is 2.90. The van der Waals surface area contributed by atoms with Gasteiger partial charge in [0.25, 0.3) is 0 Å².